The van der Waals surface area contributed by atoms with Crippen LogP contribution in [0.25, 0.3) is 0 Å². The Morgan fingerprint density at radius 1 is 1.26 bits per heavy atom. The van der Waals surface area contributed by atoms with Crippen LogP contribution in [0.3, 0.4) is 0 Å². The van der Waals surface area contributed by atoms with Gasteiger partial charge in [-0.3, -0.25) is 0 Å². The van der Waals surface area contributed by atoms with Gasteiger partial charge in [-0.05, 0) is 32.0 Å². The van der Waals surface area contributed by atoms with Gasteiger partial charge >= 0.3 is 6.18 Å². The van der Waals surface area contributed by atoms with Gasteiger partial charge in [-0.1, -0.05) is 6.07 Å². The summed E-state index contributed by atoms with van der Waals surface area (Å²) in [6.45, 7) is 3.07. The van der Waals surface area contributed by atoms with Crippen molar-refractivity contribution in [3.8, 4) is 0 Å². The molecule has 0 fully saturated rings. The largest absolute Gasteiger partial charge is 0.416 e. The molecule has 0 aliphatic carbocycles. The highest BCUT2D eigenvalue weighted by molar-refractivity contribution is 7.89. The molecule has 1 N–H and O–H groups in total. The van der Waals surface area contributed by atoms with Crippen LogP contribution in [-0.2, 0) is 16.2 Å². The molecule has 0 spiro atoms. The maximum Gasteiger partial charge on any atom is 0.416 e. The van der Waals surface area contributed by atoms with E-state index >= 15 is 0 Å². The van der Waals surface area contributed by atoms with E-state index in [2.05, 4.69) is 4.72 Å². The summed E-state index contributed by atoms with van der Waals surface area (Å²) in [4.78, 5) is -0.444. The maximum absolute atomic E-state index is 12.5. The molecule has 0 radical (unpaired) electrons. The van der Waals surface area contributed by atoms with Crippen molar-refractivity contribution in [2.75, 3.05) is 5.88 Å². The van der Waals surface area contributed by atoms with E-state index in [1.807, 2.05) is 0 Å². The van der Waals surface area contributed by atoms with Gasteiger partial charge in [0, 0.05) is 11.4 Å². The molecule has 0 aliphatic rings. The number of benzene rings is 1. The van der Waals surface area contributed by atoms with Gasteiger partial charge in [0.25, 0.3) is 0 Å². The number of alkyl halides is 4. The third kappa shape index (κ3) is 4.36. The molecule has 1 aromatic carbocycles. The molecule has 0 unspecified atom stereocenters. The summed E-state index contributed by atoms with van der Waals surface area (Å²) in [5, 5.41) is 0. The molecule has 108 valence electrons. The first-order valence-electron chi connectivity index (χ1n) is 5.25. The summed E-state index contributed by atoms with van der Waals surface area (Å²) in [5.41, 5.74) is -1.96. The van der Waals surface area contributed by atoms with Gasteiger partial charge in [-0.15, -0.1) is 11.6 Å². The molecule has 0 atom stereocenters. The van der Waals surface area contributed by atoms with Crippen molar-refractivity contribution in [2.24, 2.45) is 0 Å². The Balaban J connectivity index is 3.17. The number of halogens is 4. The van der Waals surface area contributed by atoms with Gasteiger partial charge in [-0.2, -0.15) is 13.2 Å². The number of sulfonamides is 1. The number of hydrogen-bond donors (Lipinski definition) is 1. The third-order valence-electron chi connectivity index (χ3n) is 2.22. The lowest BCUT2D eigenvalue weighted by Crippen LogP contribution is -2.44. The topological polar surface area (TPSA) is 46.2 Å². The zero-order valence-electron chi connectivity index (χ0n) is 10.3. The molecular formula is C11H13ClF3NO2S. The molecule has 8 heteroatoms. The summed E-state index contributed by atoms with van der Waals surface area (Å²) >= 11 is 5.58. The van der Waals surface area contributed by atoms with E-state index in [1.165, 1.54) is 13.8 Å². The van der Waals surface area contributed by atoms with Crippen LogP contribution in [-0.4, -0.2) is 19.8 Å². The van der Waals surface area contributed by atoms with Gasteiger partial charge < -0.3 is 0 Å². The Morgan fingerprint density at radius 2 is 1.84 bits per heavy atom. The highest BCUT2D eigenvalue weighted by Crippen LogP contribution is 2.30. The van der Waals surface area contributed by atoms with Gasteiger partial charge in [-0.25, -0.2) is 13.1 Å². The van der Waals surface area contributed by atoms with Gasteiger partial charge in [0.15, 0.2) is 0 Å². The average molecular weight is 316 g/mol. The van der Waals surface area contributed by atoms with Crippen LogP contribution in [0.2, 0.25) is 0 Å². The van der Waals surface area contributed by atoms with E-state index in [1.54, 1.807) is 0 Å². The van der Waals surface area contributed by atoms with E-state index in [0.717, 1.165) is 18.2 Å². The van der Waals surface area contributed by atoms with Crippen molar-refractivity contribution in [1.82, 2.24) is 4.72 Å². The summed E-state index contributed by atoms with van der Waals surface area (Å²) in [7, 11) is -4.05. The van der Waals surface area contributed by atoms with Crippen molar-refractivity contribution >= 4 is 21.6 Å². The predicted octanol–water partition coefficient (Wildman–Crippen LogP) is 3.00. The first kappa shape index (κ1) is 16.3. The lowest BCUT2D eigenvalue weighted by Gasteiger charge is -2.23. The highest BCUT2D eigenvalue weighted by Gasteiger charge is 2.32. The van der Waals surface area contributed by atoms with Gasteiger partial charge in [0.1, 0.15) is 0 Å². The Hall–Kier alpha value is -0.790. The lowest BCUT2D eigenvalue weighted by molar-refractivity contribution is -0.137. The fourth-order valence-corrected chi connectivity index (χ4v) is 2.89. The minimum Gasteiger partial charge on any atom is -0.207 e. The van der Waals surface area contributed by atoms with Crippen LogP contribution in [0.5, 0.6) is 0 Å². The first-order chi connectivity index (χ1) is 8.48. The van der Waals surface area contributed by atoms with E-state index in [9.17, 15) is 21.6 Å². The van der Waals surface area contributed by atoms with E-state index in [0.29, 0.717) is 6.07 Å². The molecule has 1 rings (SSSR count). The second kappa shape index (κ2) is 5.30. The van der Waals surface area contributed by atoms with Crippen LogP contribution in [0.1, 0.15) is 19.4 Å². The minimum atomic E-state index is -4.59. The van der Waals surface area contributed by atoms with Crippen molar-refractivity contribution < 1.29 is 21.6 Å². The predicted molar refractivity (Wildman–Crippen MR) is 66.6 cm³/mol. The van der Waals surface area contributed by atoms with Crippen molar-refractivity contribution in [2.45, 2.75) is 30.5 Å². The maximum atomic E-state index is 12.5. The molecule has 0 aliphatic heterocycles. The second-order valence-electron chi connectivity index (χ2n) is 4.65. The summed E-state index contributed by atoms with van der Waals surface area (Å²) in [5.74, 6) is -0.00874. The molecule has 19 heavy (non-hydrogen) atoms. The molecule has 0 amide bonds. The Bertz CT molecular complexity index is 555. The Labute approximate surface area is 114 Å². The molecular weight excluding hydrogens is 303 g/mol. The average Bonchev–Trinajstić information content (AvgIpc) is 2.27. The minimum absolute atomic E-state index is 0.00874. The fraction of sp³-hybridized carbons (Fsp3) is 0.455. The standard InChI is InChI=1S/C11H13ClF3NO2S/c1-10(2,7-12)16-19(17,18)9-5-3-4-8(6-9)11(13,14)15/h3-6,16H,7H2,1-2H3. The quantitative estimate of drug-likeness (QED) is 0.868. The fourth-order valence-electron chi connectivity index (χ4n) is 1.29. The zero-order chi connectivity index (χ0) is 14.9. The van der Waals surface area contributed by atoms with E-state index in [-0.39, 0.29) is 5.88 Å². The number of hydrogen-bond acceptors (Lipinski definition) is 2. The van der Waals surface area contributed by atoms with E-state index < -0.39 is 32.2 Å². The summed E-state index contributed by atoms with van der Waals surface area (Å²) in [6, 6.07) is 3.55. The molecule has 3 nitrogen and oxygen atoms in total. The molecule has 0 heterocycles. The van der Waals surface area contributed by atoms with Crippen molar-refractivity contribution in [3.63, 3.8) is 0 Å². The van der Waals surface area contributed by atoms with Crippen LogP contribution >= 0.6 is 11.6 Å². The van der Waals surface area contributed by atoms with Crippen molar-refractivity contribution in [1.29, 1.82) is 0 Å². The smallest absolute Gasteiger partial charge is 0.207 e. The molecule has 0 bridgehead atoms. The third-order valence-corrected chi connectivity index (χ3v) is 4.58. The Kier molecular flexibility index (Phi) is 4.54. The second-order valence-corrected chi connectivity index (χ2v) is 6.60. The normalized spacial score (nSPS) is 13.6. The SMILES string of the molecule is CC(C)(CCl)NS(=O)(=O)c1cccc(C(F)(F)F)c1. The number of rotatable bonds is 4. The zero-order valence-corrected chi connectivity index (χ0v) is 11.8. The monoisotopic (exact) mass is 315 g/mol. The molecule has 1 aromatic rings. The highest BCUT2D eigenvalue weighted by atomic mass is 35.5. The molecule has 0 saturated carbocycles. The van der Waals surface area contributed by atoms with Gasteiger partial charge in [0.05, 0.1) is 10.5 Å². The summed E-state index contributed by atoms with van der Waals surface area (Å²) < 4.78 is 63.7. The molecule has 0 saturated heterocycles. The van der Waals surface area contributed by atoms with Crippen LogP contribution in [0.15, 0.2) is 29.2 Å². The van der Waals surface area contributed by atoms with Crippen LogP contribution < -0.4 is 4.72 Å². The Morgan fingerprint density at radius 3 is 2.32 bits per heavy atom. The summed E-state index contributed by atoms with van der Waals surface area (Å²) in [6.07, 6.45) is -4.59. The van der Waals surface area contributed by atoms with Crippen LogP contribution in [0, 0.1) is 0 Å². The van der Waals surface area contributed by atoms with Crippen LogP contribution in [0.4, 0.5) is 13.2 Å². The van der Waals surface area contributed by atoms with Gasteiger partial charge in [0.2, 0.25) is 10.0 Å². The van der Waals surface area contributed by atoms with E-state index in [4.69, 9.17) is 11.6 Å². The van der Waals surface area contributed by atoms with Crippen molar-refractivity contribution in [3.05, 3.63) is 29.8 Å². The lowest BCUT2D eigenvalue weighted by atomic mass is 10.1. The molecule has 0 aromatic heterocycles. The first-order valence-corrected chi connectivity index (χ1v) is 7.27. The number of nitrogens with one attached hydrogen (secondary N) is 1.